The Hall–Kier alpha value is -1.00. The van der Waals surface area contributed by atoms with Gasteiger partial charge in [-0.2, -0.15) is 13.2 Å². The third kappa shape index (κ3) is 4.00. The first-order chi connectivity index (χ1) is 5.38. The number of rotatable bonds is 2. The van der Waals surface area contributed by atoms with Crippen LogP contribution >= 0.6 is 0 Å². The van der Waals surface area contributed by atoms with Gasteiger partial charge in [-0.05, 0) is 13.8 Å². The molecule has 0 N–H and O–H groups in total. The van der Waals surface area contributed by atoms with Gasteiger partial charge in [-0.3, -0.25) is 0 Å². The van der Waals surface area contributed by atoms with Crippen molar-refractivity contribution in [2.75, 3.05) is 0 Å². The van der Waals surface area contributed by atoms with Crippen LogP contribution in [0.25, 0.3) is 0 Å². The lowest BCUT2D eigenvalue weighted by Crippen LogP contribution is -2.30. The summed E-state index contributed by atoms with van der Waals surface area (Å²) in [5, 5.41) is 0. The molecule has 0 fully saturated rings. The highest BCUT2D eigenvalue weighted by Gasteiger charge is 2.38. The number of alkyl halides is 3. The summed E-state index contributed by atoms with van der Waals surface area (Å²) < 4.78 is 39.2. The molecule has 0 rings (SSSR count). The predicted molar refractivity (Wildman–Crippen MR) is 36.4 cm³/mol. The first kappa shape index (κ1) is 11.0. The molecule has 70 valence electrons. The van der Waals surface area contributed by atoms with E-state index in [1.165, 1.54) is 13.0 Å². The van der Waals surface area contributed by atoms with E-state index in [1.54, 1.807) is 0 Å². The van der Waals surface area contributed by atoms with E-state index in [2.05, 4.69) is 4.74 Å². The predicted octanol–water partition coefficient (Wildman–Crippen LogP) is 2.06. The molecule has 0 aliphatic carbocycles. The van der Waals surface area contributed by atoms with Crippen LogP contribution in [-0.2, 0) is 9.53 Å². The zero-order valence-electron chi connectivity index (χ0n) is 6.68. The van der Waals surface area contributed by atoms with E-state index in [0.717, 1.165) is 13.0 Å². The highest BCUT2D eigenvalue weighted by Crippen LogP contribution is 2.22. The zero-order chi connectivity index (χ0) is 9.78. The minimum absolute atomic E-state index is 0.779. The van der Waals surface area contributed by atoms with Gasteiger partial charge in [-0.1, -0.05) is 6.08 Å². The van der Waals surface area contributed by atoms with Crippen LogP contribution in [-0.4, -0.2) is 18.2 Å². The summed E-state index contributed by atoms with van der Waals surface area (Å²) in [5.74, 6) is -0.984. The molecule has 0 bridgehead atoms. The summed E-state index contributed by atoms with van der Waals surface area (Å²) in [6.45, 7) is 2.29. The minimum atomic E-state index is -4.49. The summed E-state index contributed by atoms with van der Waals surface area (Å²) in [5.41, 5.74) is 0. The molecule has 0 spiro atoms. The van der Waals surface area contributed by atoms with Crippen LogP contribution in [0.4, 0.5) is 13.2 Å². The third-order valence-corrected chi connectivity index (χ3v) is 1.06. The lowest BCUT2D eigenvalue weighted by molar-refractivity contribution is -0.213. The van der Waals surface area contributed by atoms with Crippen molar-refractivity contribution >= 4 is 5.97 Å². The zero-order valence-corrected chi connectivity index (χ0v) is 6.68. The molecule has 0 aliphatic rings. The maximum atomic E-state index is 11.7. The van der Waals surface area contributed by atoms with Gasteiger partial charge in [-0.15, -0.1) is 0 Å². The van der Waals surface area contributed by atoms with Crippen LogP contribution in [0.5, 0.6) is 0 Å². The highest BCUT2D eigenvalue weighted by molar-refractivity contribution is 5.81. The molecule has 0 saturated carbocycles. The van der Waals surface area contributed by atoms with Crippen molar-refractivity contribution in [1.82, 2.24) is 0 Å². The lowest BCUT2D eigenvalue weighted by Gasteiger charge is -2.14. The van der Waals surface area contributed by atoms with Gasteiger partial charge in [0, 0.05) is 6.08 Å². The molecule has 0 radical (unpaired) electrons. The maximum Gasteiger partial charge on any atom is 0.425 e. The minimum Gasteiger partial charge on any atom is -0.450 e. The number of halogens is 3. The van der Waals surface area contributed by atoms with Crippen molar-refractivity contribution in [3.63, 3.8) is 0 Å². The Balaban J connectivity index is 4.01. The van der Waals surface area contributed by atoms with Gasteiger partial charge < -0.3 is 4.74 Å². The average Bonchev–Trinajstić information content (AvgIpc) is 1.85. The summed E-state index contributed by atoms with van der Waals surface area (Å²) in [6.07, 6.45) is -4.30. The topological polar surface area (TPSA) is 26.3 Å². The highest BCUT2D eigenvalue weighted by atomic mass is 19.4. The van der Waals surface area contributed by atoms with Crippen molar-refractivity contribution in [1.29, 1.82) is 0 Å². The van der Waals surface area contributed by atoms with Gasteiger partial charge in [0.1, 0.15) is 0 Å². The third-order valence-electron chi connectivity index (χ3n) is 1.06. The molecule has 2 nitrogen and oxygen atoms in total. The molecule has 12 heavy (non-hydrogen) atoms. The molecule has 1 unspecified atom stereocenters. The van der Waals surface area contributed by atoms with Crippen molar-refractivity contribution in [3.05, 3.63) is 12.2 Å². The molecule has 1 atom stereocenters. The fraction of sp³-hybridized carbons (Fsp3) is 0.571. The van der Waals surface area contributed by atoms with Gasteiger partial charge in [0.25, 0.3) is 0 Å². The fourth-order valence-corrected chi connectivity index (χ4v) is 0.416. The SMILES string of the molecule is CC=CC(=O)OC(C)C(F)(F)F. The molecular formula is C7H9F3O2. The second-order valence-electron chi connectivity index (χ2n) is 2.12. The number of carbonyl (C=O) groups is 1. The second-order valence-corrected chi connectivity index (χ2v) is 2.12. The summed E-state index contributed by atoms with van der Waals surface area (Å²) in [6, 6.07) is 0. The largest absolute Gasteiger partial charge is 0.450 e. The number of esters is 1. The molecule has 0 amide bonds. The number of ether oxygens (including phenoxy) is 1. The van der Waals surface area contributed by atoms with E-state index in [9.17, 15) is 18.0 Å². The first-order valence-electron chi connectivity index (χ1n) is 3.28. The number of hydrogen-bond acceptors (Lipinski definition) is 2. The summed E-state index contributed by atoms with van der Waals surface area (Å²) in [7, 11) is 0. The standard InChI is InChI=1S/C7H9F3O2/c1-3-4-6(11)12-5(2)7(8,9)10/h3-5H,1-2H3. The molecule has 5 heteroatoms. The average molecular weight is 182 g/mol. The Morgan fingerprint density at radius 1 is 1.50 bits per heavy atom. The number of hydrogen-bond donors (Lipinski definition) is 0. The second kappa shape index (κ2) is 4.13. The monoisotopic (exact) mass is 182 g/mol. The van der Waals surface area contributed by atoms with Gasteiger partial charge >= 0.3 is 12.1 Å². The van der Waals surface area contributed by atoms with Crippen molar-refractivity contribution in [2.45, 2.75) is 26.1 Å². The van der Waals surface area contributed by atoms with Crippen LogP contribution < -0.4 is 0 Å². The Labute approximate surface area is 68.0 Å². The molecule has 0 aromatic heterocycles. The maximum absolute atomic E-state index is 11.7. The van der Waals surface area contributed by atoms with E-state index >= 15 is 0 Å². The van der Waals surface area contributed by atoms with Crippen molar-refractivity contribution < 1.29 is 22.7 Å². The van der Waals surface area contributed by atoms with Gasteiger partial charge in [-0.25, -0.2) is 4.79 Å². The van der Waals surface area contributed by atoms with Gasteiger partial charge in [0.05, 0.1) is 0 Å². The van der Waals surface area contributed by atoms with E-state index in [4.69, 9.17) is 0 Å². The molecule has 0 aromatic carbocycles. The molecule has 0 saturated heterocycles. The number of allylic oxidation sites excluding steroid dienone is 1. The molecule has 0 aromatic rings. The Bertz CT molecular complexity index is 184. The van der Waals surface area contributed by atoms with Crippen molar-refractivity contribution in [3.8, 4) is 0 Å². The normalized spacial score (nSPS) is 14.8. The summed E-state index contributed by atoms with van der Waals surface area (Å²) >= 11 is 0. The van der Waals surface area contributed by atoms with Crippen LogP contribution in [0, 0.1) is 0 Å². The van der Waals surface area contributed by atoms with E-state index in [-0.39, 0.29) is 0 Å². The van der Waals surface area contributed by atoms with Crippen molar-refractivity contribution in [2.24, 2.45) is 0 Å². The van der Waals surface area contributed by atoms with E-state index in [1.807, 2.05) is 0 Å². The van der Waals surface area contributed by atoms with Gasteiger partial charge in [0.15, 0.2) is 6.10 Å². The van der Waals surface area contributed by atoms with Crippen LogP contribution in [0.2, 0.25) is 0 Å². The van der Waals surface area contributed by atoms with Crippen LogP contribution in [0.3, 0.4) is 0 Å². The van der Waals surface area contributed by atoms with Crippen LogP contribution in [0.15, 0.2) is 12.2 Å². The number of carbonyl (C=O) groups excluding carboxylic acids is 1. The fourth-order valence-electron chi connectivity index (χ4n) is 0.416. The smallest absolute Gasteiger partial charge is 0.425 e. The van der Waals surface area contributed by atoms with E-state index < -0.39 is 18.2 Å². The Kier molecular flexibility index (Phi) is 3.79. The molecular weight excluding hydrogens is 173 g/mol. The summed E-state index contributed by atoms with van der Waals surface area (Å²) in [4.78, 5) is 10.5. The first-order valence-corrected chi connectivity index (χ1v) is 3.28. The molecule has 0 aliphatic heterocycles. The lowest BCUT2D eigenvalue weighted by atomic mass is 10.4. The molecule has 0 heterocycles. The Morgan fingerprint density at radius 2 is 2.00 bits per heavy atom. The van der Waals surface area contributed by atoms with Crippen LogP contribution in [0.1, 0.15) is 13.8 Å². The Morgan fingerprint density at radius 3 is 2.33 bits per heavy atom. The van der Waals surface area contributed by atoms with Gasteiger partial charge in [0.2, 0.25) is 0 Å². The quantitative estimate of drug-likeness (QED) is 0.482. The van der Waals surface area contributed by atoms with E-state index in [0.29, 0.717) is 0 Å².